The van der Waals surface area contributed by atoms with E-state index in [0.717, 1.165) is 23.2 Å². The fourth-order valence-corrected chi connectivity index (χ4v) is 3.32. The lowest BCUT2D eigenvalue weighted by atomic mass is 10.1. The third kappa shape index (κ3) is 4.21. The van der Waals surface area contributed by atoms with Gasteiger partial charge in [-0.25, -0.2) is 13.1 Å². The van der Waals surface area contributed by atoms with E-state index in [4.69, 9.17) is 0 Å². The summed E-state index contributed by atoms with van der Waals surface area (Å²) in [6, 6.07) is 11.6. The number of aryl methyl sites for hydroxylation is 1. The van der Waals surface area contributed by atoms with Crippen molar-refractivity contribution < 1.29 is 13.2 Å². The molecule has 2 rings (SSSR count). The minimum atomic E-state index is -3.52. The summed E-state index contributed by atoms with van der Waals surface area (Å²) in [7, 11) is -3.52. The van der Waals surface area contributed by atoms with Gasteiger partial charge in [0.15, 0.2) is 0 Å². The van der Waals surface area contributed by atoms with Gasteiger partial charge in [0, 0.05) is 17.8 Å². The molecule has 2 N–H and O–H groups in total. The Morgan fingerprint density at radius 1 is 1.04 bits per heavy atom. The third-order valence-corrected chi connectivity index (χ3v) is 5.30. The van der Waals surface area contributed by atoms with Crippen LogP contribution in [-0.2, 0) is 10.0 Å². The molecule has 0 atom stereocenters. The minimum absolute atomic E-state index is 0.152. The molecule has 1 amide bonds. The lowest BCUT2D eigenvalue weighted by Gasteiger charge is -2.11. The molecule has 0 aliphatic heterocycles. The largest absolute Gasteiger partial charge is 0.322 e. The Balaban J connectivity index is 2.16. The third-order valence-electron chi connectivity index (χ3n) is 3.82. The van der Waals surface area contributed by atoms with Gasteiger partial charge in [0.05, 0.1) is 4.90 Å². The van der Waals surface area contributed by atoms with Crippen LogP contribution in [0.25, 0.3) is 0 Å². The van der Waals surface area contributed by atoms with Gasteiger partial charge in [0.1, 0.15) is 0 Å². The van der Waals surface area contributed by atoms with Crippen LogP contribution in [-0.4, -0.2) is 20.9 Å². The summed E-state index contributed by atoms with van der Waals surface area (Å²) >= 11 is 0. The second-order valence-electron chi connectivity index (χ2n) is 5.62. The van der Waals surface area contributed by atoms with Crippen molar-refractivity contribution in [3.63, 3.8) is 0 Å². The zero-order valence-electron chi connectivity index (χ0n) is 14.1. The van der Waals surface area contributed by atoms with E-state index < -0.39 is 10.0 Å². The summed E-state index contributed by atoms with van der Waals surface area (Å²) in [5.41, 5.74) is 3.26. The van der Waals surface area contributed by atoms with Gasteiger partial charge >= 0.3 is 0 Å². The molecule has 5 nitrogen and oxygen atoms in total. The molecule has 0 spiro atoms. The summed E-state index contributed by atoms with van der Waals surface area (Å²) < 4.78 is 26.6. The number of carbonyl (C=O) groups excluding carboxylic acids is 1. The number of hydrogen-bond acceptors (Lipinski definition) is 3. The van der Waals surface area contributed by atoms with Crippen LogP contribution >= 0.6 is 0 Å². The zero-order valence-corrected chi connectivity index (χ0v) is 14.9. The van der Waals surface area contributed by atoms with Crippen molar-refractivity contribution in [2.24, 2.45) is 0 Å². The molecule has 2 aromatic rings. The Kier molecular flexibility index (Phi) is 5.75. The van der Waals surface area contributed by atoms with Gasteiger partial charge in [-0.15, -0.1) is 0 Å². The SMILES string of the molecule is CCCNS(=O)(=O)c1ccc(C(=O)Nc2cccc(C)c2C)cc1. The lowest BCUT2D eigenvalue weighted by molar-refractivity contribution is 0.102. The molecule has 6 heteroatoms. The molecule has 0 aromatic heterocycles. The van der Waals surface area contributed by atoms with Crippen LogP contribution < -0.4 is 10.0 Å². The summed E-state index contributed by atoms with van der Waals surface area (Å²) in [6.45, 7) is 6.20. The van der Waals surface area contributed by atoms with Crippen molar-refractivity contribution in [3.05, 3.63) is 59.2 Å². The first kappa shape index (κ1) is 18.2. The average Bonchev–Trinajstić information content (AvgIpc) is 2.57. The molecule has 0 radical (unpaired) electrons. The Bertz CT molecular complexity index is 828. The van der Waals surface area contributed by atoms with Crippen LogP contribution in [0.5, 0.6) is 0 Å². The lowest BCUT2D eigenvalue weighted by Crippen LogP contribution is -2.24. The second kappa shape index (κ2) is 7.59. The number of rotatable bonds is 6. The van der Waals surface area contributed by atoms with Gasteiger partial charge in [-0.1, -0.05) is 19.1 Å². The number of amides is 1. The fraction of sp³-hybridized carbons (Fsp3) is 0.278. The van der Waals surface area contributed by atoms with Crippen molar-refractivity contribution in [3.8, 4) is 0 Å². The first-order valence-electron chi connectivity index (χ1n) is 7.82. The van der Waals surface area contributed by atoms with Crippen LogP contribution in [0.2, 0.25) is 0 Å². The van der Waals surface area contributed by atoms with Crippen molar-refractivity contribution >= 4 is 21.6 Å². The molecule has 0 saturated heterocycles. The van der Waals surface area contributed by atoms with Crippen molar-refractivity contribution in [2.45, 2.75) is 32.1 Å². The van der Waals surface area contributed by atoms with Crippen LogP contribution in [0.1, 0.15) is 34.8 Å². The Morgan fingerprint density at radius 2 is 1.71 bits per heavy atom. The van der Waals surface area contributed by atoms with Gasteiger partial charge in [-0.05, 0) is 61.7 Å². The number of anilines is 1. The molecular weight excluding hydrogens is 324 g/mol. The van der Waals surface area contributed by atoms with E-state index in [1.165, 1.54) is 24.3 Å². The number of carbonyl (C=O) groups is 1. The van der Waals surface area contributed by atoms with Crippen LogP contribution in [0.15, 0.2) is 47.4 Å². The molecule has 0 heterocycles. The molecule has 0 bridgehead atoms. The van der Waals surface area contributed by atoms with Crippen LogP contribution in [0, 0.1) is 13.8 Å². The van der Waals surface area contributed by atoms with E-state index in [0.29, 0.717) is 12.1 Å². The second-order valence-corrected chi connectivity index (χ2v) is 7.39. The van der Waals surface area contributed by atoms with Gasteiger partial charge in [0.25, 0.3) is 5.91 Å². The molecule has 128 valence electrons. The molecule has 0 aliphatic rings. The molecule has 24 heavy (non-hydrogen) atoms. The minimum Gasteiger partial charge on any atom is -0.322 e. The Hall–Kier alpha value is -2.18. The highest BCUT2D eigenvalue weighted by molar-refractivity contribution is 7.89. The molecule has 0 fully saturated rings. The molecule has 0 aliphatic carbocycles. The monoisotopic (exact) mass is 346 g/mol. The number of nitrogens with one attached hydrogen (secondary N) is 2. The standard InChI is InChI=1S/C18H22N2O3S/c1-4-12-19-24(22,23)16-10-8-15(9-11-16)18(21)20-17-7-5-6-13(2)14(17)3/h5-11,19H,4,12H2,1-3H3,(H,20,21). The van der Waals surface area contributed by atoms with Gasteiger partial charge in [-0.3, -0.25) is 4.79 Å². The quantitative estimate of drug-likeness (QED) is 0.843. The zero-order chi connectivity index (χ0) is 17.7. The van der Waals surface area contributed by atoms with Crippen LogP contribution in [0.4, 0.5) is 5.69 Å². The summed E-state index contributed by atoms with van der Waals surface area (Å²) in [5.74, 6) is -0.269. The predicted molar refractivity (Wildman–Crippen MR) is 95.8 cm³/mol. The maximum absolute atomic E-state index is 12.3. The van der Waals surface area contributed by atoms with Crippen LogP contribution in [0.3, 0.4) is 0 Å². The van der Waals surface area contributed by atoms with E-state index in [2.05, 4.69) is 10.0 Å². The summed E-state index contributed by atoms with van der Waals surface area (Å²) in [4.78, 5) is 12.5. The summed E-state index contributed by atoms with van der Waals surface area (Å²) in [5, 5.41) is 2.86. The smallest absolute Gasteiger partial charge is 0.255 e. The number of benzene rings is 2. The van der Waals surface area contributed by atoms with Gasteiger partial charge in [-0.2, -0.15) is 0 Å². The van der Waals surface area contributed by atoms with Crippen molar-refractivity contribution in [1.82, 2.24) is 4.72 Å². The van der Waals surface area contributed by atoms with Gasteiger partial charge < -0.3 is 5.32 Å². The van der Waals surface area contributed by atoms with E-state index in [9.17, 15) is 13.2 Å². The highest BCUT2D eigenvalue weighted by atomic mass is 32.2. The normalized spacial score (nSPS) is 11.3. The average molecular weight is 346 g/mol. The first-order chi connectivity index (χ1) is 11.3. The van der Waals surface area contributed by atoms with Gasteiger partial charge in [0.2, 0.25) is 10.0 Å². The predicted octanol–water partition coefficient (Wildman–Crippen LogP) is 3.24. The van der Waals surface area contributed by atoms with Crippen molar-refractivity contribution in [1.29, 1.82) is 0 Å². The first-order valence-corrected chi connectivity index (χ1v) is 9.30. The number of hydrogen-bond donors (Lipinski definition) is 2. The molecule has 0 unspecified atom stereocenters. The maximum atomic E-state index is 12.3. The fourth-order valence-electron chi connectivity index (χ4n) is 2.19. The number of sulfonamides is 1. The Morgan fingerprint density at radius 3 is 2.33 bits per heavy atom. The van der Waals surface area contributed by atoms with Crippen molar-refractivity contribution in [2.75, 3.05) is 11.9 Å². The Labute approximate surface area is 143 Å². The highest BCUT2D eigenvalue weighted by Crippen LogP contribution is 2.19. The van der Waals surface area contributed by atoms with E-state index >= 15 is 0 Å². The maximum Gasteiger partial charge on any atom is 0.255 e. The van der Waals surface area contributed by atoms with E-state index in [1.807, 2.05) is 39.0 Å². The molecule has 0 saturated carbocycles. The molecule has 2 aromatic carbocycles. The topological polar surface area (TPSA) is 75.3 Å². The summed E-state index contributed by atoms with van der Waals surface area (Å²) in [6.07, 6.45) is 0.718. The molecular formula is C18H22N2O3S. The van der Waals surface area contributed by atoms with E-state index in [-0.39, 0.29) is 10.8 Å². The van der Waals surface area contributed by atoms with E-state index in [1.54, 1.807) is 0 Å². The highest BCUT2D eigenvalue weighted by Gasteiger charge is 2.14.